The fraction of sp³-hybridized carbons (Fsp3) is 0.481. The number of aromatic nitrogens is 2. The largest absolute Gasteiger partial charge is 0.421 e. The second-order valence-corrected chi connectivity index (χ2v) is 11.1. The number of amides is 2. The van der Waals surface area contributed by atoms with E-state index in [1.807, 2.05) is 27.7 Å². The van der Waals surface area contributed by atoms with Crippen LogP contribution in [0.1, 0.15) is 24.1 Å². The summed E-state index contributed by atoms with van der Waals surface area (Å²) in [5.41, 5.74) is 3.84. The van der Waals surface area contributed by atoms with Crippen LogP contribution in [0.3, 0.4) is 0 Å². The first-order valence-electron chi connectivity index (χ1n) is 13.5. The zero-order valence-electron chi connectivity index (χ0n) is 22.2. The highest BCUT2D eigenvalue weighted by Crippen LogP contribution is 2.38. The number of morpholine rings is 1. The Morgan fingerprint density at radius 1 is 1.15 bits per heavy atom. The predicted molar refractivity (Wildman–Crippen MR) is 152 cm³/mol. The van der Waals surface area contributed by atoms with Crippen LogP contribution in [0.2, 0.25) is 10.0 Å². The zero-order chi connectivity index (χ0) is 27.8. The summed E-state index contributed by atoms with van der Waals surface area (Å²) in [7, 11) is 0. The molecule has 1 aromatic carbocycles. The number of ether oxygens (including phenoxy) is 1. The number of piperazine rings is 1. The van der Waals surface area contributed by atoms with E-state index in [0.717, 1.165) is 29.9 Å². The summed E-state index contributed by atoms with van der Waals surface area (Å²) in [5, 5.41) is 7.42. The highest BCUT2D eigenvalue weighted by molar-refractivity contribution is 6.35. The van der Waals surface area contributed by atoms with Crippen molar-refractivity contribution in [2.24, 2.45) is 0 Å². The van der Waals surface area contributed by atoms with Crippen molar-refractivity contribution in [3.8, 4) is 0 Å². The van der Waals surface area contributed by atoms with Crippen molar-refractivity contribution in [2.45, 2.75) is 25.5 Å². The minimum absolute atomic E-state index is 0.00409. The summed E-state index contributed by atoms with van der Waals surface area (Å²) in [5.74, 6) is -0.0871. The molecular weight excluding hydrogens is 557 g/mol. The second-order valence-electron chi connectivity index (χ2n) is 10.2. The Labute approximate surface area is 241 Å². The third kappa shape index (κ3) is 5.30. The van der Waals surface area contributed by atoms with Gasteiger partial charge in [-0.25, -0.2) is 0 Å². The number of nitrogens with zero attached hydrogens (tertiary/aromatic N) is 5. The Balaban J connectivity index is 1.15. The van der Waals surface area contributed by atoms with Crippen molar-refractivity contribution >= 4 is 57.8 Å². The molecule has 0 unspecified atom stereocenters. The summed E-state index contributed by atoms with van der Waals surface area (Å²) in [6.45, 7) is 6.87. The van der Waals surface area contributed by atoms with Crippen molar-refractivity contribution in [1.82, 2.24) is 25.1 Å². The van der Waals surface area contributed by atoms with Gasteiger partial charge in [-0.05, 0) is 36.6 Å². The second kappa shape index (κ2) is 11.4. The Bertz CT molecular complexity index is 1430. The van der Waals surface area contributed by atoms with Gasteiger partial charge in [0, 0.05) is 49.3 Å². The highest BCUT2D eigenvalue weighted by atomic mass is 35.5. The van der Waals surface area contributed by atoms with Gasteiger partial charge in [0.15, 0.2) is 11.7 Å². The average Bonchev–Trinajstić information content (AvgIpc) is 3.39. The van der Waals surface area contributed by atoms with Crippen LogP contribution in [0.15, 0.2) is 28.9 Å². The van der Waals surface area contributed by atoms with Gasteiger partial charge in [-0.15, -0.1) is 0 Å². The third-order valence-electron chi connectivity index (χ3n) is 7.79. The monoisotopic (exact) mass is 587 g/mol. The number of rotatable bonds is 5. The van der Waals surface area contributed by atoms with E-state index < -0.39 is 6.10 Å². The minimum Gasteiger partial charge on any atom is -0.421 e. The Hall–Kier alpha value is -3.12. The first-order valence-corrected chi connectivity index (χ1v) is 14.3. The fourth-order valence-electron chi connectivity index (χ4n) is 5.72. The third-order valence-corrected chi connectivity index (χ3v) is 8.32. The SMILES string of the molecule is C[C@H]1c2c(Cl)cc(Cl)cc2CCN1C(=O)[C@H]1CN(c2cncc3nc(NCC(=O)N4CCNCC4)oc23)CCO1. The average molecular weight is 588 g/mol. The molecule has 11 nitrogen and oxygen atoms in total. The first-order chi connectivity index (χ1) is 19.4. The molecule has 6 rings (SSSR count). The molecular formula is C27H31Cl2N7O4. The molecule has 212 valence electrons. The lowest BCUT2D eigenvalue weighted by atomic mass is 9.93. The molecule has 3 aliphatic heterocycles. The number of hydrogen-bond acceptors (Lipinski definition) is 9. The smallest absolute Gasteiger partial charge is 0.296 e. The maximum absolute atomic E-state index is 13.7. The van der Waals surface area contributed by atoms with E-state index in [4.69, 9.17) is 32.4 Å². The van der Waals surface area contributed by atoms with Crippen molar-refractivity contribution in [3.63, 3.8) is 0 Å². The van der Waals surface area contributed by atoms with Crippen molar-refractivity contribution in [3.05, 3.63) is 45.7 Å². The normalized spacial score (nSPS) is 21.4. The molecule has 5 heterocycles. The number of fused-ring (bicyclic) bond motifs is 2. The van der Waals surface area contributed by atoms with E-state index >= 15 is 0 Å². The quantitative estimate of drug-likeness (QED) is 0.464. The Kier molecular flexibility index (Phi) is 7.71. The Morgan fingerprint density at radius 2 is 1.98 bits per heavy atom. The molecule has 13 heteroatoms. The molecule has 2 atom stereocenters. The number of pyridine rings is 1. The van der Waals surface area contributed by atoms with Crippen molar-refractivity contribution in [2.75, 3.05) is 69.2 Å². The number of carbonyl (C=O) groups excluding carboxylic acids is 2. The zero-order valence-corrected chi connectivity index (χ0v) is 23.7. The van der Waals surface area contributed by atoms with Gasteiger partial charge < -0.3 is 34.5 Å². The van der Waals surface area contributed by atoms with Gasteiger partial charge in [-0.2, -0.15) is 4.98 Å². The number of hydrogen-bond donors (Lipinski definition) is 2. The molecule has 2 N–H and O–H groups in total. The maximum atomic E-state index is 13.7. The summed E-state index contributed by atoms with van der Waals surface area (Å²) in [6.07, 6.45) is 3.35. The van der Waals surface area contributed by atoms with Crippen molar-refractivity contribution < 1.29 is 18.7 Å². The molecule has 2 saturated heterocycles. The molecule has 40 heavy (non-hydrogen) atoms. The van der Waals surface area contributed by atoms with Crippen molar-refractivity contribution in [1.29, 1.82) is 0 Å². The fourth-order valence-corrected chi connectivity index (χ4v) is 6.42. The van der Waals surface area contributed by atoms with E-state index in [1.54, 1.807) is 18.5 Å². The van der Waals surface area contributed by atoms with E-state index in [1.165, 1.54) is 0 Å². The summed E-state index contributed by atoms with van der Waals surface area (Å²) in [6, 6.07) is 3.71. The van der Waals surface area contributed by atoms with E-state index in [0.29, 0.717) is 66.9 Å². The number of nitrogens with one attached hydrogen (secondary N) is 2. The summed E-state index contributed by atoms with van der Waals surface area (Å²) < 4.78 is 12.0. The van der Waals surface area contributed by atoms with Crippen LogP contribution in [0.25, 0.3) is 11.1 Å². The molecule has 3 aromatic rings. The van der Waals surface area contributed by atoms with Gasteiger partial charge in [0.2, 0.25) is 5.91 Å². The summed E-state index contributed by atoms with van der Waals surface area (Å²) >= 11 is 12.7. The lowest BCUT2D eigenvalue weighted by Crippen LogP contribution is -2.53. The van der Waals surface area contributed by atoms with Crippen LogP contribution in [0, 0.1) is 0 Å². The topological polar surface area (TPSA) is 116 Å². The molecule has 0 aliphatic carbocycles. The van der Waals surface area contributed by atoms with Gasteiger partial charge in [-0.1, -0.05) is 23.2 Å². The van der Waals surface area contributed by atoms with E-state index in [9.17, 15) is 9.59 Å². The number of oxazole rings is 1. The van der Waals surface area contributed by atoms with Crippen LogP contribution in [-0.4, -0.2) is 96.7 Å². The first kappa shape index (κ1) is 27.1. The minimum atomic E-state index is -0.656. The van der Waals surface area contributed by atoms with Gasteiger partial charge in [-0.3, -0.25) is 14.6 Å². The van der Waals surface area contributed by atoms with E-state index in [2.05, 4.69) is 20.6 Å². The molecule has 2 fully saturated rings. The predicted octanol–water partition coefficient (Wildman–Crippen LogP) is 2.72. The molecule has 0 radical (unpaired) electrons. The number of anilines is 2. The molecule has 2 aromatic heterocycles. The molecule has 0 spiro atoms. The van der Waals surface area contributed by atoms with Crippen LogP contribution in [0.4, 0.5) is 11.7 Å². The van der Waals surface area contributed by atoms with Gasteiger partial charge in [0.1, 0.15) is 11.2 Å². The van der Waals surface area contributed by atoms with E-state index in [-0.39, 0.29) is 30.4 Å². The van der Waals surface area contributed by atoms with Crippen LogP contribution in [-0.2, 0) is 20.7 Å². The van der Waals surface area contributed by atoms with Crippen LogP contribution >= 0.6 is 23.2 Å². The molecule has 0 bridgehead atoms. The van der Waals surface area contributed by atoms with Crippen LogP contribution in [0.5, 0.6) is 0 Å². The van der Waals surface area contributed by atoms with Crippen LogP contribution < -0.4 is 15.5 Å². The number of halogens is 2. The highest BCUT2D eigenvalue weighted by Gasteiger charge is 2.36. The molecule has 2 amide bonds. The maximum Gasteiger partial charge on any atom is 0.296 e. The standard InChI is InChI=1S/C27H31Cl2N7O4/c1-16-24-17(10-18(28)11-19(24)29)2-5-36(16)26(38)22-15-35(8-9-39-22)21-13-31-12-20-25(21)40-27(33-20)32-14-23(37)34-6-3-30-4-7-34/h10-13,16,22,30H,2-9,14-15H2,1H3,(H,32,33)/t16-,22+/m0/s1. The molecule has 3 aliphatic rings. The molecule has 0 saturated carbocycles. The van der Waals surface area contributed by atoms with Gasteiger partial charge >= 0.3 is 0 Å². The lowest BCUT2D eigenvalue weighted by Gasteiger charge is -2.40. The van der Waals surface area contributed by atoms with Gasteiger partial charge in [0.05, 0.1) is 38.1 Å². The number of carbonyl (C=O) groups is 2. The Morgan fingerprint density at radius 3 is 2.80 bits per heavy atom. The lowest BCUT2D eigenvalue weighted by molar-refractivity contribution is -0.147. The summed E-state index contributed by atoms with van der Waals surface area (Å²) in [4.78, 5) is 40.7. The van der Waals surface area contributed by atoms with Gasteiger partial charge in [0.25, 0.3) is 11.9 Å². The number of benzene rings is 1.